The minimum atomic E-state index is -3.15. The Kier molecular flexibility index (Phi) is 4.38. The molecule has 1 fully saturated rings. The molecule has 0 saturated carbocycles. The Morgan fingerprint density at radius 1 is 1.26 bits per heavy atom. The lowest BCUT2D eigenvalue weighted by molar-refractivity contribution is -0.133. The number of aromatic nitrogens is 3. The van der Waals surface area contributed by atoms with Gasteiger partial charge in [0, 0.05) is 19.0 Å². The number of fused-ring (bicyclic) bond motifs is 1. The van der Waals surface area contributed by atoms with Gasteiger partial charge in [-0.1, -0.05) is 6.07 Å². The Bertz CT molecular complexity index is 1040. The topological polar surface area (TPSA) is 126 Å². The first-order chi connectivity index (χ1) is 12.9. The van der Waals surface area contributed by atoms with Crippen molar-refractivity contribution in [3.8, 4) is 0 Å². The lowest BCUT2D eigenvalue weighted by atomic mass is 10.1. The third-order valence-corrected chi connectivity index (χ3v) is 6.42. The van der Waals surface area contributed by atoms with Gasteiger partial charge in [0.25, 0.3) is 5.91 Å². The number of amides is 2. The molecule has 1 saturated heterocycles. The van der Waals surface area contributed by atoms with E-state index < -0.39 is 21.8 Å². The average molecular weight is 390 g/mol. The summed E-state index contributed by atoms with van der Waals surface area (Å²) in [5.41, 5.74) is 0.892. The van der Waals surface area contributed by atoms with E-state index in [0.717, 1.165) is 0 Å². The number of nitrogens with zero attached hydrogens (tertiary/aromatic N) is 5. The highest BCUT2D eigenvalue weighted by Gasteiger charge is 2.37. The first-order valence-corrected chi connectivity index (χ1v) is 10.4. The van der Waals surface area contributed by atoms with Gasteiger partial charge in [0.1, 0.15) is 5.71 Å². The summed E-state index contributed by atoms with van der Waals surface area (Å²) in [5.74, 6) is -0.148. The van der Waals surface area contributed by atoms with E-state index in [1.54, 1.807) is 10.6 Å². The van der Waals surface area contributed by atoms with Crippen LogP contribution in [0.1, 0.15) is 25.1 Å². The van der Waals surface area contributed by atoms with Crippen molar-refractivity contribution in [1.29, 1.82) is 0 Å². The van der Waals surface area contributed by atoms with E-state index in [4.69, 9.17) is 0 Å². The van der Waals surface area contributed by atoms with Crippen LogP contribution >= 0.6 is 0 Å². The molecule has 0 radical (unpaired) electrons. The van der Waals surface area contributed by atoms with Crippen LogP contribution in [0.2, 0.25) is 0 Å². The minimum absolute atomic E-state index is 0.0401. The Morgan fingerprint density at radius 3 is 2.89 bits per heavy atom. The van der Waals surface area contributed by atoms with Crippen molar-refractivity contribution in [1.82, 2.24) is 24.9 Å². The van der Waals surface area contributed by atoms with Crippen LogP contribution in [0.25, 0.3) is 5.65 Å². The molecule has 0 unspecified atom stereocenters. The molecule has 1 N–H and O–H groups in total. The van der Waals surface area contributed by atoms with Crippen LogP contribution in [0.4, 0.5) is 0 Å². The van der Waals surface area contributed by atoms with Crippen molar-refractivity contribution in [2.24, 2.45) is 5.10 Å². The van der Waals surface area contributed by atoms with Crippen LogP contribution in [-0.2, 0) is 26.0 Å². The Hall–Kier alpha value is -2.82. The second-order valence-electron chi connectivity index (χ2n) is 6.57. The van der Waals surface area contributed by atoms with E-state index in [0.29, 0.717) is 17.9 Å². The van der Waals surface area contributed by atoms with Gasteiger partial charge in [-0.15, -0.1) is 10.2 Å². The Balaban J connectivity index is 1.46. The van der Waals surface area contributed by atoms with Crippen LogP contribution in [-0.4, -0.2) is 63.1 Å². The molecule has 2 amide bonds. The highest BCUT2D eigenvalue weighted by Crippen LogP contribution is 2.22. The molecule has 4 rings (SSSR count). The number of hydrogen-bond donors (Lipinski definition) is 1. The van der Waals surface area contributed by atoms with Gasteiger partial charge in [-0.2, -0.15) is 5.10 Å². The van der Waals surface area contributed by atoms with Crippen LogP contribution in [0.3, 0.4) is 0 Å². The van der Waals surface area contributed by atoms with Crippen LogP contribution < -0.4 is 5.32 Å². The first kappa shape index (κ1) is 17.6. The van der Waals surface area contributed by atoms with Crippen molar-refractivity contribution in [3.63, 3.8) is 0 Å². The molecule has 10 nitrogen and oxygen atoms in total. The third kappa shape index (κ3) is 3.54. The largest absolute Gasteiger partial charge is 0.344 e. The van der Waals surface area contributed by atoms with Crippen molar-refractivity contribution in [2.75, 3.05) is 11.5 Å². The molecule has 0 bridgehead atoms. The molecule has 2 aliphatic rings. The van der Waals surface area contributed by atoms with Gasteiger partial charge in [-0.3, -0.25) is 14.0 Å². The summed E-state index contributed by atoms with van der Waals surface area (Å²) in [7, 11) is -3.15. The minimum Gasteiger partial charge on any atom is -0.344 e. The maximum absolute atomic E-state index is 12.5. The van der Waals surface area contributed by atoms with E-state index in [9.17, 15) is 18.0 Å². The lowest BCUT2D eigenvalue weighted by Crippen LogP contribution is -2.43. The molecular formula is C16H18N6O4S. The molecule has 2 aromatic rings. The van der Waals surface area contributed by atoms with Crippen molar-refractivity contribution in [3.05, 3.63) is 30.2 Å². The SMILES string of the molecule is O=C(NCc1nnc2ccccn12)C1=NN([C@H]2CCS(=O)(=O)C2)C(=O)CC1. The molecule has 142 valence electrons. The molecule has 11 heteroatoms. The van der Waals surface area contributed by atoms with Crippen molar-refractivity contribution < 1.29 is 18.0 Å². The van der Waals surface area contributed by atoms with E-state index in [-0.39, 0.29) is 42.5 Å². The predicted octanol–water partition coefficient (Wildman–Crippen LogP) is -0.489. The van der Waals surface area contributed by atoms with Crippen molar-refractivity contribution >= 4 is 33.0 Å². The number of carbonyl (C=O) groups excluding carboxylic acids is 2. The van der Waals surface area contributed by atoms with Gasteiger partial charge in [-0.25, -0.2) is 13.4 Å². The maximum atomic E-state index is 12.5. The lowest BCUT2D eigenvalue weighted by Gasteiger charge is -2.27. The normalized spacial score (nSPS) is 22.1. The van der Waals surface area contributed by atoms with Gasteiger partial charge < -0.3 is 5.32 Å². The fraction of sp³-hybridized carbons (Fsp3) is 0.438. The highest BCUT2D eigenvalue weighted by atomic mass is 32.2. The molecule has 0 aromatic carbocycles. The second-order valence-corrected chi connectivity index (χ2v) is 8.80. The van der Waals surface area contributed by atoms with Gasteiger partial charge in [0.05, 0.1) is 24.1 Å². The van der Waals surface area contributed by atoms with E-state index in [1.807, 2.05) is 18.2 Å². The molecule has 2 aromatic heterocycles. The monoisotopic (exact) mass is 390 g/mol. The third-order valence-electron chi connectivity index (χ3n) is 4.67. The number of carbonyl (C=O) groups is 2. The number of pyridine rings is 1. The maximum Gasteiger partial charge on any atom is 0.267 e. The van der Waals surface area contributed by atoms with E-state index in [2.05, 4.69) is 20.6 Å². The van der Waals surface area contributed by atoms with Gasteiger partial charge in [-0.05, 0) is 18.6 Å². The van der Waals surface area contributed by atoms with Crippen LogP contribution in [0.5, 0.6) is 0 Å². The molecule has 0 spiro atoms. The van der Waals surface area contributed by atoms with E-state index in [1.165, 1.54) is 5.01 Å². The summed E-state index contributed by atoms with van der Waals surface area (Å²) in [6.07, 6.45) is 2.51. The first-order valence-electron chi connectivity index (χ1n) is 8.60. The van der Waals surface area contributed by atoms with Crippen LogP contribution in [0.15, 0.2) is 29.5 Å². The molecular weight excluding hydrogens is 372 g/mol. The molecule has 27 heavy (non-hydrogen) atoms. The second kappa shape index (κ2) is 6.72. The summed E-state index contributed by atoms with van der Waals surface area (Å²) in [5, 5.41) is 16.1. The fourth-order valence-electron chi connectivity index (χ4n) is 3.26. The van der Waals surface area contributed by atoms with Gasteiger partial charge in [0.15, 0.2) is 21.3 Å². The summed E-state index contributed by atoms with van der Waals surface area (Å²) >= 11 is 0. The smallest absolute Gasteiger partial charge is 0.267 e. The fourth-order valence-corrected chi connectivity index (χ4v) is 4.95. The highest BCUT2D eigenvalue weighted by molar-refractivity contribution is 7.91. The Labute approximate surface area is 155 Å². The number of hydrazone groups is 1. The molecule has 0 aliphatic carbocycles. The van der Waals surface area contributed by atoms with E-state index >= 15 is 0 Å². The summed E-state index contributed by atoms with van der Waals surface area (Å²) < 4.78 is 25.1. The summed E-state index contributed by atoms with van der Waals surface area (Å²) in [4.78, 5) is 24.6. The number of rotatable bonds is 4. The number of nitrogens with one attached hydrogen (secondary N) is 1. The average Bonchev–Trinajstić information content (AvgIpc) is 3.23. The predicted molar refractivity (Wildman–Crippen MR) is 95.4 cm³/mol. The summed E-state index contributed by atoms with van der Waals surface area (Å²) in [6.45, 7) is 0.161. The zero-order chi connectivity index (χ0) is 19.0. The van der Waals surface area contributed by atoms with Crippen LogP contribution in [0, 0.1) is 0 Å². The number of sulfone groups is 1. The zero-order valence-corrected chi connectivity index (χ0v) is 15.2. The van der Waals surface area contributed by atoms with Crippen molar-refractivity contribution in [2.45, 2.75) is 31.8 Å². The van der Waals surface area contributed by atoms with Gasteiger partial charge in [0.2, 0.25) is 5.91 Å². The van der Waals surface area contributed by atoms with Gasteiger partial charge >= 0.3 is 0 Å². The number of hydrogen-bond acceptors (Lipinski definition) is 7. The quantitative estimate of drug-likeness (QED) is 0.751. The standard InChI is InChI=1S/C16H18N6O4S/c23-15-5-4-12(20-22(15)11-6-8-27(25,26)10-11)16(24)17-9-14-19-18-13-3-1-2-7-21(13)14/h1-3,7,11H,4-6,8-10H2,(H,17,24)/t11-/m0/s1. The zero-order valence-electron chi connectivity index (χ0n) is 14.4. The molecule has 2 aliphatic heterocycles. The summed E-state index contributed by atoms with van der Waals surface area (Å²) in [6, 6.07) is 5.00. The molecule has 4 heterocycles. The Morgan fingerprint density at radius 2 is 2.11 bits per heavy atom. The molecule has 1 atom stereocenters.